The van der Waals surface area contributed by atoms with Crippen molar-refractivity contribution in [1.29, 1.82) is 0 Å². The van der Waals surface area contributed by atoms with Crippen LogP contribution in [-0.2, 0) is 4.79 Å². The van der Waals surface area contributed by atoms with Crippen LogP contribution in [0.25, 0.3) is 0 Å². The summed E-state index contributed by atoms with van der Waals surface area (Å²) in [6, 6.07) is 0. The number of carbonyl (C=O) groups excluding carboxylic acids is 1. The molecular weight excluding hydrogens is 253 g/mol. The fourth-order valence-corrected chi connectivity index (χ4v) is 3.73. The summed E-state index contributed by atoms with van der Waals surface area (Å²) in [5.74, 6) is -0.312. The van der Waals surface area contributed by atoms with Crippen LogP contribution in [0.5, 0.6) is 0 Å². The summed E-state index contributed by atoms with van der Waals surface area (Å²) in [7, 11) is 0. The molecule has 2 atom stereocenters. The molecule has 0 bridgehead atoms. The van der Waals surface area contributed by atoms with Crippen molar-refractivity contribution >= 4 is 5.78 Å². The van der Waals surface area contributed by atoms with Crippen molar-refractivity contribution in [2.75, 3.05) is 0 Å². The second-order valence-corrected chi connectivity index (χ2v) is 6.46. The van der Waals surface area contributed by atoms with Gasteiger partial charge in [-0.1, -0.05) is 19.8 Å². The first-order chi connectivity index (χ1) is 8.88. The molecule has 0 aromatic rings. The van der Waals surface area contributed by atoms with Crippen LogP contribution in [0.3, 0.4) is 0 Å². The molecule has 2 aliphatic carbocycles. The van der Waals surface area contributed by atoms with Crippen molar-refractivity contribution in [2.24, 2.45) is 23.7 Å². The summed E-state index contributed by atoms with van der Waals surface area (Å²) in [6.07, 6.45) is 1.25. The Hall–Kier alpha value is -0.540. The molecule has 1 nitrogen and oxygen atoms in total. The largest absolute Gasteiger partial charge is 0.391 e. The Balaban J connectivity index is 1.85. The van der Waals surface area contributed by atoms with E-state index in [9.17, 15) is 18.0 Å². The topological polar surface area (TPSA) is 17.1 Å². The second-order valence-electron chi connectivity index (χ2n) is 6.46. The molecule has 0 spiro atoms. The minimum absolute atomic E-state index is 0.103. The Kier molecular flexibility index (Phi) is 4.57. The number of Topliss-reactive ketones (excluding diaryl/α,β-unsaturated/α-hetero) is 1. The normalized spacial score (nSPS) is 37.1. The highest BCUT2D eigenvalue weighted by Gasteiger charge is 2.43. The van der Waals surface area contributed by atoms with Crippen LogP contribution in [0.4, 0.5) is 13.2 Å². The van der Waals surface area contributed by atoms with Gasteiger partial charge in [-0.2, -0.15) is 13.2 Å². The van der Waals surface area contributed by atoms with Gasteiger partial charge in [0, 0.05) is 11.8 Å². The molecule has 2 fully saturated rings. The Morgan fingerprint density at radius 1 is 0.947 bits per heavy atom. The van der Waals surface area contributed by atoms with Crippen LogP contribution in [-0.4, -0.2) is 12.0 Å². The molecule has 0 aromatic carbocycles. The van der Waals surface area contributed by atoms with Gasteiger partial charge in [0.15, 0.2) is 0 Å². The first-order valence-corrected chi connectivity index (χ1v) is 7.48. The predicted molar refractivity (Wildman–Crippen MR) is 67.6 cm³/mol. The van der Waals surface area contributed by atoms with Gasteiger partial charge in [-0.15, -0.1) is 0 Å². The third-order valence-corrected chi connectivity index (χ3v) is 4.93. The van der Waals surface area contributed by atoms with Gasteiger partial charge in [-0.05, 0) is 44.4 Å². The first kappa shape index (κ1) is 14.9. The van der Waals surface area contributed by atoms with E-state index in [1.807, 2.05) is 0 Å². The maximum Gasteiger partial charge on any atom is 0.391 e. The van der Waals surface area contributed by atoms with E-state index in [0.717, 1.165) is 19.3 Å². The maximum absolute atomic E-state index is 12.6. The van der Waals surface area contributed by atoms with E-state index in [4.69, 9.17) is 0 Å². The molecule has 0 amide bonds. The molecule has 110 valence electrons. The van der Waals surface area contributed by atoms with Crippen LogP contribution in [0.1, 0.15) is 58.3 Å². The molecule has 0 radical (unpaired) electrons. The standard InChI is InChI=1S/C15H23F3O/c1-10-3-2-4-12(9-10)14(19)11-5-7-13(8-6-11)15(16,17)18/h10-13H,2-9H2,1H3. The summed E-state index contributed by atoms with van der Waals surface area (Å²) >= 11 is 0. The lowest BCUT2D eigenvalue weighted by molar-refractivity contribution is -0.184. The number of hydrogen-bond donors (Lipinski definition) is 0. The lowest BCUT2D eigenvalue weighted by Crippen LogP contribution is -2.34. The molecular formula is C15H23F3O. The van der Waals surface area contributed by atoms with Crippen molar-refractivity contribution in [3.63, 3.8) is 0 Å². The van der Waals surface area contributed by atoms with Crippen molar-refractivity contribution in [3.8, 4) is 0 Å². The van der Waals surface area contributed by atoms with Gasteiger partial charge >= 0.3 is 6.18 Å². The van der Waals surface area contributed by atoms with E-state index in [0.29, 0.717) is 18.8 Å². The van der Waals surface area contributed by atoms with Crippen molar-refractivity contribution in [3.05, 3.63) is 0 Å². The van der Waals surface area contributed by atoms with Crippen molar-refractivity contribution in [2.45, 2.75) is 64.5 Å². The summed E-state index contributed by atoms with van der Waals surface area (Å²) in [4.78, 5) is 12.4. The number of hydrogen-bond acceptors (Lipinski definition) is 1. The van der Waals surface area contributed by atoms with Gasteiger partial charge in [0.05, 0.1) is 5.92 Å². The summed E-state index contributed by atoms with van der Waals surface area (Å²) in [5.41, 5.74) is 0. The minimum atomic E-state index is -4.08. The molecule has 0 heterocycles. The molecule has 0 saturated heterocycles. The number of rotatable bonds is 2. The van der Waals surface area contributed by atoms with Crippen LogP contribution < -0.4 is 0 Å². The summed E-state index contributed by atoms with van der Waals surface area (Å²) < 4.78 is 37.8. The van der Waals surface area contributed by atoms with Gasteiger partial charge in [0.25, 0.3) is 0 Å². The Labute approximate surface area is 112 Å². The molecule has 2 aliphatic rings. The van der Waals surface area contributed by atoms with E-state index in [-0.39, 0.29) is 30.5 Å². The number of ketones is 1. The maximum atomic E-state index is 12.6. The zero-order chi connectivity index (χ0) is 14.0. The monoisotopic (exact) mass is 276 g/mol. The number of alkyl halides is 3. The summed E-state index contributed by atoms with van der Waals surface area (Å²) in [6.45, 7) is 2.17. The Morgan fingerprint density at radius 3 is 2.11 bits per heavy atom. The van der Waals surface area contributed by atoms with Gasteiger partial charge in [0.2, 0.25) is 0 Å². The SMILES string of the molecule is CC1CCCC(C(=O)C2CCC(C(F)(F)F)CC2)C1. The van der Waals surface area contributed by atoms with E-state index >= 15 is 0 Å². The smallest absolute Gasteiger partial charge is 0.299 e. The fourth-order valence-electron chi connectivity index (χ4n) is 3.73. The van der Waals surface area contributed by atoms with Gasteiger partial charge in [-0.25, -0.2) is 0 Å². The average Bonchev–Trinajstić information content (AvgIpc) is 2.37. The van der Waals surface area contributed by atoms with Crippen LogP contribution >= 0.6 is 0 Å². The number of carbonyl (C=O) groups is 1. The molecule has 2 rings (SSSR count). The van der Waals surface area contributed by atoms with Crippen LogP contribution in [0.15, 0.2) is 0 Å². The van der Waals surface area contributed by atoms with E-state index in [1.165, 1.54) is 6.42 Å². The lowest BCUT2D eigenvalue weighted by atomic mass is 9.72. The highest BCUT2D eigenvalue weighted by atomic mass is 19.4. The predicted octanol–water partition coefficient (Wildman–Crippen LogP) is 4.75. The highest BCUT2D eigenvalue weighted by Crippen LogP contribution is 2.41. The highest BCUT2D eigenvalue weighted by molar-refractivity contribution is 5.83. The molecule has 0 aromatic heterocycles. The van der Waals surface area contributed by atoms with Gasteiger partial charge in [-0.3, -0.25) is 4.79 Å². The molecule has 19 heavy (non-hydrogen) atoms. The van der Waals surface area contributed by atoms with Crippen LogP contribution in [0.2, 0.25) is 0 Å². The average molecular weight is 276 g/mol. The third kappa shape index (κ3) is 3.73. The molecule has 0 N–H and O–H groups in total. The lowest BCUT2D eigenvalue weighted by Gasteiger charge is -2.33. The van der Waals surface area contributed by atoms with E-state index in [2.05, 4.69) is 6.92 Å². The zero-order valence-electron chi connectivity index (χ0n) is 11.5. The van der Waals surface area contributed by atoms with Crippen LogP contribution in [0, 0.1) is 23.7 Å². The fraction of sp³-hybridized carbons (Fsp3) is 0.933. The quantitative estimate of drug-likeness (QED) is 0.711. The Bertz CT molecular complexity index is 316. The van der Waals surface area contributed by atoms with Crippen molar-refractivity contribution < 1.29 is 18.0 Å². The third-order valence-electron chi connectivity index (χ3n) is 4.93. The summed E-state index contributed by atoms with van der Waals surface area (Å²) in [5, 5.41) is 0. The van der Waals surface area contributed by atoms with Gasteiger partial charge in [0.1, 0.15) is 5.78 Å². The van der Waals surface area contributed by atoms with E-state index < -0.39 is 12.1 Å². The zero-order valence-corrected chi connectivity index (χ0v) is 11.5. The molecule has 2 saturated carbocycles. The molecule has 2 unspecified atom stereocenters. The second kappa shape index (κ2) is 5.84. The van der Waals surface area contributed by atoms with Gasteiger partial charge < -0.3 is 0 Å². The van der Waals surface area contributed by atoms with E-state index in [1.54, 1.807) is 0 Å². The van der Waals surface area contributed by atoms with Crippen molar-refractivity contribution in [1.82, 2.24) is 0 Å². The Morgan fingerprint density at radius 2 is 1.58 bits per heavy atom. The minimum Gasteiger partial charge on any atom is -0.299 e. The molecule has 4 heteroatoms. The first-order valence-electron chi connectivity index (χ1n) is 7.48. The number of halogens is 3. The molecule has 0 aliphatic heterocycles.